The molecule has 0 aromatic heterocycles. The van der Waals surface area contributed by atoms with Crippen molar-refractivity contribution in [2.75, 3.05) is 0 Å². The van der Waals surface area contributed by atoms with E-state index in [1.807, 2.05) is 32.0 Å². The van der Waals surface area contributed by atoms with Gasteiger partial charge in [-0.3, -0.25) is 0 Å². The van der Waals surface area contributed by atoms with Crippen LogP contribution >= 0.6 is 0 Å². The van der Waals surface area contributed by atoms with Crippen molar-refractivity contribution in [3.8, 4) is 0 Å². The Kier molecular flexibility index (Phi) is 3.71. The lowest BCUT2D eigenvalue weighted by Gasteiger charge is -2.08. The van der Waals surface area contributed by atoms with Gasteiger partial charge in [0.2, 0.25) is 0 Å². The zero-order chi connectivity index (χ0) is 14.0. The molecule has 2 rings (SSSR count). The summed E-state index contributed by atoms with van der Waals surface area (Å²) in [5, 5.41) is 0. The standard InChI is InChI=1S/C15H15FO2S/c1-11-6-7-12(2)13(8-11)10-19(17,18)15-5-3-4-14(16)9-15/h3-9H,10H2,1-2H3. The number of hydrogen-bond donors (Lipinski definition) is 0. The van der Waals surface area contributed by atoms with Crippen LogP contribution < -0.4 is 0 Å². The van der Waals surface area contributed by atoms with Gasteiger partial charge >= 0.3 is 0 Å². The molecule has 0 unspecified atom stereocenters. The van der Waals surface area contributed by atoms with E-state index in [0.717, 1.165) is 22.8 Å². The van der Waals surface area contributed by atoms with Crippen LogP contribution in [0.3, 0.4) is 0 Å². The van der Waals surface area contributed by atoms with Crippen LogP contribution in [0.5, 0.6) is 0 Å². The molecular weight excluding hydrogens is 263 g/mol. The van der Waals surface area contributed by atoms with Crippen molar-refractivity contribution >= 4 is 9.84 Å². The second kappa shape index (κ2) is 5.13. The molecule has 0 N–H and O–H groups in total. The summed E-state index contributed by atoms with van der Waals surface area (Å²) in [6, 6.07) is 10.8. The third kappa shape index (κ3) is 3.20. The summed E-state index contributed by atoms with van der Waals surface area (Å²) < 4.78 is 37.6. The summed E-state index contributed by atoms with van der Waals surface area (Å²) in [4.78, 5) is 0.0217. The van der Waals surface area contributed by atoms with Crippen LogP contribution in [-0.2, 0) is 15.6 Å². The second-order valence-corrected chi connectivity index (χ2v) is 6.64. The van der Waals surface area contributed by atoms with Gasteiger partial charge in [0.05, 0.1) is 10.6 Å². The quantitative estimate of drug-likeness (QED) is 0.862. The lowest BCUT2D eigenvalue weighted by Crippen LogP contribution is -2.06. The van der Waals surface area contributed by atoms with Gasteiger partial charge in [-0.2, -0.15) is 0 Å². The predicted molar refractivity (Wildman–Crippen MR) is 73.2 cm³/mol. The van der Waals surface area contributed by atoms with E-state index in [2.05, 4.69) is 0 Å². The molecule has 0 aliphatic heterocycles. The van der Waals surface area contributed by atoms with Gasteiger partial charge < -0.3 is 0 Å². The van der Waals surface area contributed by atoms with E-state index in [1.54, 1.807) is 0 Å². The SMILES string of the molecule is Cc1ccc(C)c(CS(=O)(=O)c2cccc(F)c2)c1. The maximum atomic E-state index is 13.1. The molecule has 0 spiro atoms. The summed E-state index contributed by atoms with van der Waals surface area (Å²) in [5.74, 6) is -0.647. The highest BCUT2D eigenvalue weighted by Gasteiger charge is 2.17. The van der Waals surface area contributed by atoms with E-state index < -0.39 is 15.7 Å². The van der Waals surface area contributed by atoms with Crippen molar-refractivity contribution in [2.45, 2.75) is 24.5 Å². The minimum Gasteiger partial charge on any atom is -0.223 e. The fourth-order valence-electron chi connectivity index (χ4n) is 1.90. The minimum atomic E-state index is -3.52. The van der Waals surface area contributed by atoms with Crippen molar-refractivity contribution in [3.63, 3.8) is 0 Å². The zero-order valence-corrected chi connectivity index (χ0v) is 11.7. The first-order valence-electron chi connectivity index (χ1n) is 5.93. The average molecular weight is 278 g/mol. The van der Waals surface area contributed by atoms with Gasteiger partial charge in [-0.1, -0.05) is 29.8 Å². The van der Waals surface area contributed by atoms with Crippen LogP contribution in [0.1, 0.15) is 16.7 Å². The van der Waals surface area contributed by atoms with Crippen molar-refractivity contribution in [1.29, 1.82) is 0 Å². The molecule has 0 heterocycles. The number of rotatable bonds is 3. The summed E-state index contributed by atoms with van der Waals surface area (Å²) in [6.45, 7) is 3.79. The lowest BCUT2D eigenvalue weighted by atomic mass is 10.1. The van der Waals surface area contributed by atoms with Gasteiger partial charge in [-0.25, -0.2) is 12.8 Å². The van der Waals surface area contributed by atoms with Gasteiger partial charge in [-0.05, 0) is 43.2 Å². The zero-order valence-electron chi connectivity index (χ0n) is 10.9. The van der Waals surface area contributed by atoms with Crippen molar-refractivity contribution < 1.29 is 12.8 Å². The van der Waals surface area contributed by atoms with Crippen LogP contribution in [0.2, 0.25) is 0 Å². The van der Waals surface area contributed by atoms with E-state index in [4.69, 9.17) is 0 Å². The number of benzene rings is 2. The van der Waals surface area contributed by atoms with Gasteiger partial charge in [-0.15, -0.1) is 0 Å². The fraction of sp³-hybridized carbons (Fsp3) is 0.200. The summed E-state index contributed by atoms with van der Waals surface area (Å²) in [7, 11) is -3.52. The fourth-order valence-corrected chi connectivity index (χ4v) is 3.37. The molecule has 2 aromatic carbocycles. The maximum absolute atomic E-state index is 13.1. The Hall–Kier alpha value is -1.68. The molecule has 0 saturated carbocycles. The Morgan fingerprint density at radius 2 is 1.79 bits per heavy atom. The molecule has 2 aromatic rings. The normalized spacial score (nSPS) is 11.5. The Morgan fingerprint density at radius 1 is 1.05 bits per heavy atom. The number of halogens is 1. The van der Waals surface area contributed by atoms with Gasteiger partial charge in [0.25, 0.3) is 0 Å². The largest absolute Gasteiger partial charge is 0.223 e. The smallest absolute Gasteiger partial charge is 0.182 e. The highest BCUT2D eigenvalue weighted by atomic mass is 32.2. The van der Waals surface area contributed by atoms with Crippen LogP contribution in [0, 0.1) is 19.7 Å². The number of aryl methyl sites for hydroxylation is 2. The molecule has 100 valence electrons. The van der Waals surface area contributed by atoms with Crippen LogP contribution in [-0.4, -0.2) is 8.42 Å². The number of sulfone groups is 1. The first kappa shape index (κ1) is 13.7. The molecule has 0 fully saturated rings. The van der Waals surface area contributed by atoms with E-state index in [0.29, 0.717) is 0 Å². The molecule has 0 amide bonds. The van der Waals surface area contributed by atoms with Crippen molar-refractivity contribution in [1.82, 2.24) is 0 Å². The highest BCUT2D eigenvalue weighted by Crippen LogP contribution is 2.20. The van der Waals surface area contributed by atoms with E-state index in [-0.39, 0.29) is 10.6 Å². The Morgan fingerprint density at radius 3 is 2.47 bits per heavy atom. The van der Waals surface area contributed by atoms with E-state index in [1.165, 1.54) is 18.2 Å². The monoisotopic (exact) mass is 278 g/mol. The van der Waals surface area contributed by atoms with Gasteiger partial charge in [0, 0.05) is 0 Å². The molecule has 0 atom stereocenters. The third-order valence-corrected chi connectivity index (χ3v) is 4.67. The highest BCUT2D eigenvalue weighted by molar-refractivity contribution is 7.90. The Labute approximate surface area is 112 Å². The van der Waals surface area contributed by atoms with Gasteiger partial charge in [0.1, 0.15) is 5.82 Å². The molecule has 0 bridgehead atoms. The first-order valence-corrected chi connectivity index (χ1v) is 7.58. The lowest BCUT2D eigenvalue weighted by molar-refractivity contribution is 0.590. The predicted octanol–water partition coefficient (Wildman–Crippen LogP) is 3.42. The minimum absolute atomic E-state index is 0.0217. The topological polar surface area (TPSA) is 34.1 Å². The van der Waals surface area contributed by atoms with Crippen molar-refractivity contribution in [2.24, 2.45) is 0 Å². The Bertz CT molecular complexity index is 706. The molecule has 0 radical (unpaired) electrons. The first-order chi connectivity index (χ1) is 8.88. The van der Waals surface area contributed by atoms with E-state index in [9.17, 15) is 12.8 Å². The average Bonchev–Trinajstić information content (AvgIpc) is 2.33. The van der Waals surface area contributed by atoms with Crippen LogP contribution in [0.25, 0.3) is 0 Å². The Balaban J connectivity index is 2.39. The summed E-state index contributed by atoms with van der Waals surface area (Å²) in [5.41, 5.74) is 2.69. The molecule has 4 heteroatoms. The van der Waals surface area contributed by atoms with Crippen LogP contribution in [0.15, 0.2) is 47.4 Å². The van der Waals surface area contributed by atoms with Crippen LogP contribution in [0.4, 0.5) is 4.39 Å². The maximum Gasteiger partial charge on any atom is 0.182 e. The van der Waals surface area contributed by atoms with E-state index >= 15 is 0 Å². The second-order valence-electron chi connectivity index (χ2n) is 4.65. The summed E-state index contributed by atoms with van der Waals surface area (Å²) in [6.07, 6.45) is 0. The third-order valence-electron chi connectivity index (χ3n) is 3.01. The summed E-state index contributed by atoms with van der Waals surface area (Å²) >= 11 is 0. The number of hydrogen-bond acceptors (Lipinski definition) is 2. The molecular formula is C15H15FO2S. The van der Waals surface area contributed by atoms with Gasteiger partial charge in [0.15, 0.2) is 9.84 Å². The molecule has 19 heavy (non-hydrogen) atoms. The molecule has 0 saturated heterocycles. The molecule has 2 nitrogen and oxygen atoms in total. The van der Waals surface area contributed by atoms with Crippen molar-refractivity contribution in [3.05, 3.63) is 65.0 Å². The molecule has 0 aliphatic carbocycles. The molecule has 0 aliphatic rings.